The van der Waals surface area contributed by atoms with Gasteiger partial charge in [-0.05, 0) is 6.07 Å². The van der Waals surface area contributed by atoms with Crippen LogP contribution in [0.15, 0.2) is 18.2 Å². The minimum atomic E-state index is -0.544. The van der Waals surface area contributed by atoms with E-state index in [4.69, 9.17) is 15.2 Å². The molecule has 6 nitrogen and oxygen atoms in total. The van der Waals surface area contributed by atoms with Crippen molar-refractivity contribution in [3.05, 3.63) is 45.3 Å². The van der Waals surface area contributed by atoms with Gasteiger partial charge >= 0.3 is 0 Å². The third kappa shape index (κ3) is 10.7. The SMILES string of the molecule is COC.C[N+](=O)[O-].O=Cc1ccc(CO)c(F)c1. The van der Waals surface area contributed by atoms with E-state index in [-0.39, 0.29) is 17.7 Å². The first-order valence-corrected chi connectivity index (χ1v) is 4.75. The standard InChI is InChI=1S/C8H7FO2.C2H6O.CH3NO2/c9-8-3-6(4-10)1-2-7(8)5-11;1-3-2;1-2(3)4/h1-4,11H,5H2;1-2H3;1H3. The molecule has 102 valence electrons. The number of nitro groups is 1. The van der Waals surface area contributed by atoms with Crippen LogP contribution in [0.4, 0.5) is 4.39 Å². The Bertz CT molecular complexity index is 366. The molecule has 0 spiro atoms. The summed E-state index contributed by atoms with van der Waals surface area (Å²) in [6, 6.07) is 3.94. The number of halogens is 1. The van der Waals surface area contributed by atoms with Crippen LogP contribution in [0, 0.1) is 15.9 Å². The van der Waals surface area contributed by atoms with Crippen molar-refractivity contribution in [3.63, 3.8) is 0 Å². The number of aliphatic hydroxyl groups is 1. The van der Waals surface area contributed by atoms with Gasteiger partial charge in [0.15, 0.2) is 7.05 Å². The van der Waals surface area contributed by atoms with E-state index in [2.05, 4.69) is 4.74 Å². The van der Waals surface area contributed by atoms with Gasteiger partial charge in [-0.3, -0.25) is 14.9 Å². The van der Waals surface area contributed by atoms with Crippen LogP contribution in [0.1, 0.15) is 15.9 Å². The average molecular weight is 261 g/mol. The van der Waals surface area contributed by atoms with E-state index in [1.165, 1.54) is 12.1 Å². The number of ether oxygens (including phenoxy) is 1. The molecule has 0 aromatic heterocycles. The second kappa shape index (κ2) is 11.6. The zero-order valence-electron chi connectivity index (χ0n) is 10.4. The van der Waals surface area contributed by atoms with E-state index in [9.17, 15) is 9.18 Å². The van der Waals surface area contributed by atoms with Crippen LogP contribution in [0.2, 0.25) is 0 Å². The third-order valence-corrected chi connectivity index (χ3v) is 1.38. The molecule has 1 aromatic rings. The molecule has 18 heavy (non-hydrogen) atoms. The Labute approximate surface area is 104 Å². The van der Waals surface area contributed by atoms with Crippen molar-refractivity contribution >= 4 is 6.29 Å². The van der Waals surface area contributed by atoms with Gasteiger partial charge in [0, 0.05) is 30.3 Å². The number of hydrogen-bond acceptors (Lipinski definition) is 5. The molecule has 0 aliphatic carbocycles. The summed E-state index contributed by atoms with van der Waals surface area (Å²) in [5.41, 5.74) is 0.482. The Hall–Kier alpha value is -1.86. The summed E-state index contributed by atoms with van der Waals surface area (Å²) in [5, 5.41) is 17.4. The highest BCUT2D eigenvalue weighted by molar-refractivity contribution is 5.74. The van der Waals surface area contributed by atoms with Crippen LogP contribution >= 0.6 is 0 Å². The lowest BCUT2D eigenvalue weighted by Gasteiger charge is -1.97. The second-order valence-corrected chi connectivity index (χ2v) is 2.97. The van der Waals surface area contributed by atoms with Crippen LogP contribution < -0.4 is 0 Å². The van der Waals surface area contributed by atoms with Crippen molar-refractivity contribution in [2.24, 2.45) is 0 Å². The number of nitrogens with zero attached hydrogens (tertiary/aromatic N) is 1. The lowest BCUT2D eigenvalue weighted by atomic mass is 10.1. The molecule has 1 rings (SSSR count). The molecule has 0 heterocycles. The van der Waals surface area contributed by atoms with Crippen molar-refractivity contribution < 1.29 is 24.0 Å². The molecule has 1 aromatic carbocycles. The molecule has 0 aliphatic rings. The second-order valence-electron chi connectivity index (χ2n) is 2.97. The van der Waals surface area contributed by atoms with Crippen LogP contribution in [-0.2, 0) is 11.3 Å². The number of methoxy groups -OCH3 is 1. The molecule has 0 amide bonds. The Balaban J connectivity index is 0. The molecule has 0 saturated heterocycles. The van der Waals surface area contributed by atoms with Crippen molar-refractivity contribution in [3.8, 4) is 0 Å². The third-order valence-electron chi connectivity index (χ3n) is 1.38. The summed E-state index contributed by atoms with van der Waals surface area (Å²) < 4.78 is 17.0. The van der Waals surface area contributed by atoms with Gasteiger partial charge in [-0.15, -0.1) is 0 Å². The predicted octanol–water partition coefficient (Wildman–Crippen LogP) is 1.29. The van der Waals surface area contributed by atoms with Crippen molar-refractivity contribution in [2.45, 2.75) is 6.61 Å². The lowest BCUT2D eigenvalue weighted by molar-refractivity contribution is -0.445. The number of carbonyl (C=O) groups excluding carboxylic acids is 1. The molecular weight excluding hydrogens is 245 g/mol. The van der Waals surface area contributed by atoms with Gasteiger partial charge in [0.05, 0.1) is 6.61 Å². The highest BCUT2D eigenvalue weighted by Gasteiger charge is 2.00. The van der Waals surface area contributed by atoms with E-state index >= 15 is 0 Å². The summed E-state index contributed by atoms with van der Waals surface area (Å²) in [4.78, 5) is 18.4. The van der Waals surface area contributed by atoms with E-state index in [0.717, 1.165) is 13.1 Å². The molecule has 1 N–H and O–H groups in total. The van der Waals surface area contributed by atoms with Crippen LogP contribution in [0.3, 0.4) is 0 Å². The van der Waals surface area contributed by atoms with Gasteiger partial charge in [-0.2, -0.15) is 0 Å². The monoisotopic (exact) mass is 261 g/mol. The number of hydrogen-bond donors (Lipinski definition) is 1. The largest absolute Gasteiger partial charge is 0.392 e. The topological polar surface area (TPSA) is 89.7 Å². The van der Waals surface area contributed by atoms with Crippen molar-refractivity contribution in [1.29, 1.82) is 0 Å². The number of aliphatic hydroxyl groups excluding tert-OH is 1. The molecule has 0 aliphatic heterocycles. The van der Waals surface area contributed by atoms with Gasteiger partial charge in [0.2, 0.25) is 0 Å². The van der Waals surface area contributed by atoms with Gasteiger partial charge in [0.25, 0.3) is 0 Å². The summed E-state index contributed by atoms with van der Waals surface area (Å²) in [5.74, 6) is -0.544. The molecule has 0 bridgehead atoms. The quantitative estimate of drug-likeness (QED) is 0.492. The van der Waals surface area contributed by atoms with Crippen molar-refractivity contribution in [1.82, 2.24) is 0 Å². The van der Waals surface area contributed by atoms with Gasteiger partial charge in [0.1, 0.15) is 12.1 Å². The highest BCUT2D eigenvalue weighted by atomic mass is 19.1. The molecule has 0 unspecified atom stereocenters. The maximum Gasteiger partial charge on any atom is 0.194 e. The lowest BCUT2D eigenvalue weighted by Crippen LogP contribution is -1.91. The maximum absolute atomic E-state index is 12.7. The zero-order valence-corrected chi connectivity index (χ0v) is 10.4. The first kappa shape index (κ1) is 18.5. The predicted molar refractivity (Wildman–Crippen MR) is 63.6 cm³/mol. The smallest absolute Gasteiger partial charge is 0.194 e. The Morgan fingerprint density at radius 2 is 1.94 bits per heavy atom. The molecule has 0 radical (unpaired) electrons. The number of aldehydes is 1. The zero-order chi connectivity index (χ0) is 14.6. The van der Waals surface area contributed by atoms with Crippen LogP contribution in [0.5, 0.6) is 0 Å². The van der Waals surface area contributed by atoms with Gasteiger partial charge in [-0.25, -0.2) is 4.39 Å². The normalized spacial score (nSPS) is 8.28. The first-order chi connectivity index (χ1) is 8.42. The summed E-state index contributed by atoms with van der Waals surface area (Å²) in [6.45, 7) is -0.342. The minimum Gasteiger partial charge on any atom is -0.392 e. The summed E-state index contributed by atoms with van der Waals surface area (Å²) in [6.07, 6.45) is 0.560. The fourth-order valence-corrected chi connectivity index (χ4v) is 0.765. The van der Waals surface area contributed by atoms with E-state index < -0.39 is 10.7 Å². The van der Waals surface area contributed by atoms with E-state index in [1.807, 2.05) is 0 Å². The minimum absolute atomic E-state index is 0.204. The fourth-order valence-electron chi connectivity index (χ4n) is 0.765. The molecule has 0 saturated carbocycles. The number of benzene rings is 1. The van der Waals surface area contributed by atoms with Crippen LogP contribution in [-0.4, -0.2) is 37.6 Å². The fraction of sp³-hybridized carbons (Fsp3) is 0.364. The molecule has 0 atom stereocenters. The summed E-state index contributed by atoms with van der Waals surface area (Å²) >= 11 is 0. The number of carbonyl (C=O) groups is 1. The molecular formula is C11H16FNO5. The first-order valence-electron chi connectivity index (χ1n) is 4.75. The summed E-state index contributed by atoms with van der Waals surface area (Å²) in [7, 11) is 4.14. The maximum atomic E-state index is 12.7. The van der Waals surface area contributed by atoms with Gasteiger partial charge in [-0.1, -0.05) is 12.1 Å². The van der Waals surface area contributed by atoms with Crippen molar-refractivity contribution in [2.75, 3.05) is 21.3 Å². The molecule has 0 fully saturated rings. The molecule has 7 heteroatoms. The Kier molecular flexibility index (Phi) is 11.9. The van der Waals surface area contributed by atoms with E-state index in [0.29, 0.717) is 6.29 Å². The highest BCUT2D eigenvalue weighted by Crippen LogP contribution is 2.08. The Morgan fingerprint density at radius 3 is 2.22 bits per heavy atom. The number of rotatable bonds is 2. The van der Waals surface area contributed by atoms with Gasteiger partial charge < -0.3 is 9.84 Å². The van der Waals surface area contributed by atoms with Crippen LogP contribution in [0.25, 0.3) is 0 Å². The average Bonchev–Trinajstić information content (AvgIpc) is 2.29. The van der Waals surface area contributed by atoms with E-state index in [1.54, 1.807) is 14.2 Å². The Morgan fingerprint density at radius 1 is 1.50 bits per heavy atom.